The molecule has 0 saturated carbocycles. The van der Waals surface area contributed by atoms with Gasteiger partial charge in [0.15, 0.2) is 0 Å². The van der Waals surface area contributed by atoms with Gasteiger partial charge in [0.1, 0.15) is 11.4 Å². The van der Waals surface area contributed by atoms with Crippen LogP contribution < -0.4 is 5.43 Å². The van der Waals surface area contributed by atoms with E-state index in [2.05, 4.69) is 15.9 Å². The van der Waals surface area contributed by atoms with Crippen LogP contribution in [0.4, 0.5) is 4.39 Å². The van der Waals surface area contributed by atoms with E-state index in [1.165, 1.54) is 18.3 Å². The Bertz CT molecular complexity index is 1010. The summed E-state index contributed by atoms with van der Waals surface area (Å²) in [6, 6.07) is 11.5. The van der Waals surface area contributed by atoms with Crippen LogP contribution >= 0.6 is 15.9 Å². The minimum absolute atomic E-state index is 0.0381. The lowest BCUT2D eigenvalue weighted by Gasteiger charge is -2.14. The zero-order valence-corrected chi connectivity index (χ0v) is 15.0. The lowest BCUT2D eigenvalue weighted by Crippen LogP contribution is -2.21. The third-order valence-corrected chi connectivity index (χ3v) is 4.27. The molecule has 0 atom stereocenters. The smallest absolute Gasteiger partial charge is 0.343 e. The van der Waals surface area contributed by atoms with E-state index in [-0.39, 0.29) is 23.4 Å². The molecule has 1 heterocycles. The number of hydrogen-bond acceptors (Lipinski definition) is 3. The summed E-state index contributed by atoms with van der Waals surface area (Å²) in [6.07, 6.45) is 1.47. The van der Waals surface area contributed by atoms with Crippen LogP contribution in [0.3, 0.4) is 0 Å². The summed E-state index contributed by atoms with van der Waals surface area (Å²) in [6.45, 7) is 2.18. The molecule has 0 aliphatic heterocycles. The van der Waals surface area contributed by atoms with Crippen molar-refractivity contribution in [2.45, 2.75) is 13.5 Å². The van der Waals surface area contributed by atoms with E-state index in [1.54, 1.807) is 35.8 Å². The monoisotopic (exact) mass is 403 g/mol. The van der Waals surface area contributed by atoms with Crippen LogP contribution in [0.25, 0.3) is 10.9 Å². The molecular formula is C19H15BrFNO3. The number of nitrogens with zero attached hydrogens (tertiary/aromatic N) is 1. The number of benzene rings is 2. The van der Waals surface area contributed by atoms with Gasteiger partial charge < -0.3 is 9.30 Å². The van der Waals surface area contributed by atoms with Crippen LogP contribution in [-0.2, 0) is 11.3 Å². The van der Waals surface area contributed by atoms with Crippen molar-refractivity contribution in [3.05, 3.63) is 80.3 Å². The quantitative estimate of drug-likeness (QED) is 0.615. The van der Waals surface area contributed by atoms with Gasteiger partial charge in [-0.3, -0.25) is 4.79 Å². The standard InChI is InChI=1S/C19H15BrFNO3/c1-2-25-19(24)16-11-22(10-12-4-3-5-14(21)8-12)17-7-6-13(20)9-15(17)18(16)23/h3-9,11H,2,10H2,1H3. The van der Waals surface area contributed by atoms with E-state index >= 15 is 0 Å². The van der Waals surface area contributed by atoms with E-state index in [0.29, 0.717) is 17.4 Å². The topological polar surface area (TPSA) is 48.3 Å². The summed E-state index contributed by atoms with van der Waals surface area (Å²) in [7, 11) is 0. The molecule has 0 spiro atoms. The number of ether oxygens (including phenoxy) is 1. The average Bonchev–Trinajstić information content (AvgIpc) is 2.57. The van der Waals surface area contributed by atoms with Crippen molar-refractivity contribution < 1.29 is 13.9 Å². The van der Waals surface area contributed by atoms with Gasteiger partial charge in [-0.15, -0.1) is 0 Å². The minimum atomic E-state index is -0.664. The van der Waals surface area contributed by atoms with Gasteiger partial charge >= 0.3 is 5.97 Å². The molecular weight excluding hydrogens is 389 g/mol. The molecule has 0 radical (unpaired) electrons. The molecule has 6 heteroatoms. The SMILES string of the molecule is CCOC(=O)c1cn(Cc2cccc(F)c2)c2ccc(Br)cc2c1=O. The second-order valence-corrected chi connectivity index (χ2v) is 6.43. The second-order valence-electron chi connectivity index (χ2n) is 5.51. The largest absolute Gasteiger partial charge is 0.462 e. The maximum absolute atomic E-state index is 13.5. The molecule has 0 bridgehead atoms. The van der Waals surface area contributed by atoms with Crippen molar-refractivity contribution in [2.75, 3.05) is 6.61 Å². The average molecular weight is 404 g/mol. The number of carbonyl (C=O) groups is 1. The molecule has 0 saturated heterocycles. The van der Waals surface area contributed by atoms with Crippen LogP contribution in [0, 0.1) is 5.82 Å². The highest BCUT2D eigenvalue weighted by Crippen LogP contribution is 2.20. The van der Waals surface area contributed by atoms with Crippen LogP contribution in [0.2, 0.25) is 0 Å². The Morgan fingerprint density at radius 2 is 2.04 bits per heavy atom. The zero-order chi connectivity index (χ0) is 18.0. The molecule has 3 aromatic rings. The van der Waals surface area contributed by atoms with Crippen molar-refractivity contribution >= 4 is 32.8 Å². The van der Waals surface area contributed by atoms with Crippen LogP contribution in [-0.4, -0.2) is 17.1 Å². The summed E-state index contributed by atoms with van der Waals surface area (Å²) in [5.41, 5.74) is 0.960. The van der Waals surface area contributed by atoms with Gasteiger partial charge in [-0.25, -0.2) is 9.18 Å². The Balaban J connectivity index is 2.20. The van der Waals surface area contributed by atoms with E-state index < -0.39 is 5.97 Å². The predicted molar refractivity (Wildman–Crippen MR) is 97.4 cm³/mol. The number of rotatable bonds is 4. The summed E-state index contributed by atoms with van der Waals surface area (Å²) in [5.74, 6) is -1.00. The molecule has 128 valence electrons. The molecule has 2 aromatic carbocycles. The molecule has 0 N–H and O–H groups in total. The van der Waals surface area contributed by atoms with Crippen molar-refractivity contribution in [1.29, 1.82) is 0 Å². The summed E-state index contributed by atoms with van der Waals surface area (Å²) < 4.78 is 20.9. The Hall–Kier alpha value is -2.47. The molecule has 3 rings (SSSR count). The molecule has 4 nitrogen and oxygen atoms in total. The van der Waals surface area contributed by atoms with E-state index in [0.717, 1.165) is 10.0 Å². The Morgan fingerprint density at radius 1 is 1.24 bits per heavy atom. The van der Waals surface area contributed by atoms with Crippen molar-refractivity contribution in [3.63, 3.8) is 0 Å². The van der Waals surface area contributed by atoms with E-state index in [9.17, 15) is 14.0 Å². The minimum Gasteiger partial charge on any atom is -0.462 e. The van der Waals surface area contributed by atoms with E-state index in [4.69, 9.17) is 4.74 Å². The number of aromatic nitrogens is 1. The maximum Gasteiger partial charge on any atom is 0.343 e. The van der Waals surface area contributed by atoms with Crippen molar-refractivity contribution in [2.24, 2.45) is 0 Å². The number of fused-ring (bicyclic) bond motifs is 1. The second kappa shape index (κ2) is 7.19. The van der Waals surface area contributed by atoms with Gasteiger partial charge in [0.05, 0.1) is 12.1 Å². The van der Waals surface area contributed by atoms with Crippen molar-refractivity contribution in [1.82, 2.24) is 4.57 Å². The van der Waals surface area contributed by atoms with Gasteiger partial charge in [0.2, 0.25) is 5.43 Å². The molecule has 0 aliphatic carbocycles. The van der Waals surface area contributed by atoms with Crippen LogP contribution in [0.1, 0.15) is 22.8 Å². The Morgan fingerprint density at radius 3 is 2.76 bits per heavy atom. The van der Waals surface area contributed by atoms with Gasteiger partial charge in [0, 0.05) is 22.6 Å². The summed E-state index contributed by atoms with van der Waals surface area (Å²) >= 11 is 3.35. The lowest BCUT2D eigenvalue weighted by atomic mass is 10.1. The third-order valence-electron chi connectivity index (χ3n) is 3.78. The fourth-order valence-electron chi connectivity index (χ4n) is 2.69. The molecule has 0 amide bonds. The first-order valence-electron chi connectivity index (χ1n) is 7.74. The zero-order valence-electron chi connectivity index (χ0n) is 13.5. The first-order chi connectivity index (χ1) is 12.0. The molecule has 0 unspecified atom stereocenters. The van der Waals surface area contributed by atoms with Crippen LogP contribution in [0.15, 0.2) is 57.9 Å². The summed E-state index contributed by atoms with van der Waals surface area (Å²) in [5, 5.41) is 0.399. The molecule has 0 fully saturated rings. The molecule has 1 aromatic heterocycles. The Labute approximate surface area is 152 Å². The number of hydrogen-bond donors (Lipinski definition) is 0. The normalized spacial score (nSPS) is 10.8. The van der Waals surface area contributed by atoms with Gasteiger partial charge in [0.25, 0.3) is 0 Å². The highest BCUT2D eigenvalue weighted by Gasteiger charge is 2.17. The lowest BCUT2D eigenvalue weighted by molar-refractivity contribution is 0.0524. The molecule has 0 aliphatic rings. The first-order valence-corrected chi connectivity index (χ1v) is 8.53. The van der Waals surface area contributed by atoms with Gasteiger partial charge in [-0.2, -0.15) is 0 Å². The van der Waals surface area contributed by atoms with Crippen LogP contribution in [0.5, 0.6) is 0 Å². The number of halogens is 2. The van der Waals surface area contributed by atoms with Gasteiger partial charge in [-0.1, -0.05) is 28.1 Å². The fraction of sp³-hybridized carbons (Fsp3) is 0.158. The maximum atomic E-state index is 13.5. The van der Waals surface area contributed by atoms with E-state index in [1.807, 2.05) is 6.07 Å². The predicted octanol–water partition coefficient (Wildman–Crippen LogP) is 4.13. The number of carbonyl (C=O) groups excluding carboxylic acids is 1. The Kier molecular flexibility index (Phi) is 4.99. The van der Waals surface area contributed by atoms with Gasteiger partial charge in [-0.05, 0) is 42.8 Å². The third kappa shape index (κ3) is 3.64. The summed E-state index contributed by atoms with van der Waals surface area (Å²) in [4.78, 5) is 24.8. The highest BCUT2D eigenvalue weighted by atomic mass is 79.9. The fourth-order valence-corrected chi connectivity index (χ4v) is 3.05. The highest BCUT2D eigenvalue weighted by molar-refractivity contribution is 9.10. The number of esters is 1. The first kappa shape index (κ1) is 17.4. The number of pyridine rings is 1. The van der Waals surface area contributed by atoms with Crippen molar-refractivity contribution in [3.8, 4) is 0 Å². The molecule has 25 heavy (non-hydrogen) atoms.